The van der Waals surface area contributed by atoms with E-state index in [9.17, 15) is 19.8 Å². The third-order valence-electron chi connectivity index (χ3n) is 6.56. The average molecular weight is 346 g/mol. The molecule has 0 radical (unpaired) electrons. The second-order valence-electron chi connectivity index (χ2n) is 8.54. The molecule has 3 aliphatic rings. The monoisotopic (exact) mass is 346 g/mol. The Labute approximate surface area is 148 Å². The van der Waals surface area contributed by atoms with Gasteiger partial charge in [0.2, 0.25) is 0 Å². The summed E-state index contributed by atoms with van der Waals surface area (Å²) in [6, 6.07) is 3.02. The van der Waals surface area contributed by atoms with Crippen molar-refractivity contribution in [3.05, 3.63) is 23.3 Å². The van der Waals surface area contributed by atoms with Crippen LogP contribution < -0.4 is 0 Å². The lowest BCUT2D eigenvalue weighted by atomic mass is 9.44. The molecule has 0 heterocycles. The highest BCUT2D eigenvalue weighted by molar-refractivity contribution is 5.86. The Kier molecular flexibility index (Phi) is 3.90. The van der Waals surface area contributed by atoms with Gasteiger partial charge < -0.3 is 14.9 Å². The summed E-state index contributed by atoms with van der Waals surface area (Å²) in [6.07, 6.45) is 1.16. The van der Waals surface area contributed by atoms with Crippen LogP contribution in [-0.2, 0) is 19.7 Å². The number of rotatable bonds is 3. The van der Waals surface area contributed by atoms with Crippen molar-refractivity contribution in [3.8, 4) is 11.5 Å². The summed E-state index contributed by atoms with van der Waals surface area (Å²) < 4.78 is 4.81. The second-order valence-corrected chi connectivity index (χ2v) is 8.54. The van der Waals surface area contributed by atoms with Crippen LogP contribution in [-0.4, -0.2) is 29.1 Å². The van der Waals surface area contributed by atoms with E-state index in [0.717, 1.165) is 6.42 Å². The average Bonchev–Trinajstić information content (AvgIpc) is 2.52. The number of phenols is 2. The SMILES string of the molecule is COC(=O)C(C)(C)c1cc(O)c([C@@H]2CC(=O)[C@@H]3CC2C3(C)C)c(O)c1. The quantitative estimate of drug-likeness (QED) is 0.821. The summed E-state index contributed by atoms with van der Waals surface area (Å²) in [4.78, 5) is 24.4. The van der Waals surface area contributed by atoms with E-state index in [0.29, 0.717) is 17.5 Å². The lowest BCUT2D eigenvalue weighted by molar-refractivity contribution is -0.151. The van der Waals surface area contributed by atoms with Gasteiger partial charge >= 0.3 is 5.97 Å². The van der Waals surface area contributed by atoms with Gasteiger partial charge in [-0.3, -0.25) is 9.59 Å². The number of ketones is 1. The van der Waals surface area contributed by atoms with Crippen LogP contribution in [0.4, 0.5) is 0 Å². The highest BCUT2D eigenvalue weighted by Crippen LogP contribution is 2.64. The van der Waals surface area contributed by atoms with Crippen molar-refractivity contribution < 1.29 is 24.5 Å². The highest BCUT2D eigenvalue weighted by atomic mass is 16.5. The van der Waals surface area contributed by atoms with E-state index in [1.54, 1.807) is 13.8 Å². The summed E-state index contributed by atoms with van der Waals surface area (Å²) in [5.74, 6) is -0.216. The molecule has 0 amide bonds. The van der Waals surface area contributed by atoms with Gasteiger partial charge in [-0.25, -0.2) is 0 Å². The van der Waals surface area contributed by atoms with Crippen molar-refractivity contribution in [2.45, 2.75) is 51.9 Å². The smallest absolute Gasteiger partial charge is 0.315 e. The lowest BCUT2D eigenvalue weighted by Crippen LogP contribution is -2.56. The first kappa shape index (κ1) is 17.8. The van der Waals surface area contributed by atoms with Crippen LogP contribution in [0, 0.1) is 17.3 Å². The zero-order valence-electron chi connectivity index (χ0n) is 15.4. The number of ether oxygens (including phenoxy) is 1. The van der Waals surface area contributed by atoms with Crippen LogP contribution >= 0.6 is 0 Å². The molecule has 0 spiro atoms. The van der Waals surface area contributed by atoms with E-state index in [1.165, 1.54) is 19.2 Å². The Balaban J connectivity index is 2.02. The van der Waals surface area contributed by atoms with Crippen molar-refractivity contribution in [1.82, 2.24) is 0 Å². The number of phenolic OH excluding ortho intramolecular Hbond substituents is 2. The molecule has 3 fully saturated rings. The van der Waals surface area contributed by atoms with Crippen molar-refractivity contribution in [2.24, 2.45) is 17.3 Å². The molecule has 136 valence electrons. The van der Waals surface area contributed by atoms with E-state index in [1.807, 2.05) is 0 Å². The molecule has 5 heteroatoms. The molecule has 5 nitrogen and oxygen atoms in total. The number of aromatic hydroxyl groups is 2. The first-order valence-electron chi connectivity index (χ1n) is 8.69. The Hall–Kier alpha value is -2.04. The maximum absolute atomic E-state index is 12.4. The van der Waals surface area contributed by atoms with E-state index >= 15 is 0 Å². The third kappa shape index (κ3) is 2.43. The zero-order valence-corrected chi connectivity index (χ0v) is 15.4. The second kappa shape index (κ2) is 5.48. The maximum atomic E-state index is 12.4. The van der Waals surface area contributed by atoms with Gasteiger partial charge in [0.05, 0.1) is 12.5 Å². The normalized spacial score (nSPS) is 27.6. The van der Waals surface area contributed by atoms with Crippen LogP contribution in [0.1, 0.15) is 57.6 Å². The van der Waals surface area contributed by atoms with Gasteiger partial charge in [0.25, 0.3) is 0 Å². The number of carbonyl (C=O) groups is 2. The Morgan fingerprint density at radius 2 is 1.80 bits per heavy atom. The fourth-order valence-corrected chi connectivity index (χ4v) is 4.73. The minimum absolute atomic E-state index is 0.0640. The van der Waals surface area contributed by atoms with Gasteiger partial charge in [-0.05, 0) is 49.3 Å². The van der Waals surface area contributed by atoms with Gasteiger partial charge in [-0.15, -0.1) is 0 Å². The predicted octanol–water partition coefficient (Wildman–Crippen LogP) is 3.27. The number of methoxy groups -OCH3 is 1. The van der Waals surface area contributed by atoms with Gasteiger partial charge in [-0.2, -0.15) is 0 Å². The van der Waals surface area contributed by atoms with Crippen molar-refractivity contribution in [3.63, 3.8) is 0 Å². The lowest BCUT2D eigenvalue weighted by Gasteiger charge is -2.59. The molecule has 1 aromatic rings. The van der Waals surface area contributed by atoms with E-state index in [4.69, 9.17) is 4.74 Å². The van der Waals surface area contributed by atoms with Crippen molar-refractivity contribution in [1.29, 1.82) is 0 Å². The van der Waals surface area contributed by atoms with Crippen LogP contribution in [0.15, 0.2) is 12.1 Å². The first-order valence-corrected chi connectivity index (χ1v) is 8.69. The number of Topliss-reactive ketones (excluding diaryl/α,β-unsaturated/α-hetero) is 1. The molecule has 1 unspecified atom stereocenters. The molecular weight excluding hydrogens is 320 g/mol. The molecule has 0 aliphatic heterocycles. The predicted molar refractivity (Wildman–Crippen MR) is 92.6 cm³/mol. The molecule has 3 aliphatic carbocycles. The standard InChI is InChI=1S/C20H26O5/c1-19(2,18(24)25-5)10-6-15(22)17(16(23)7-10)11-8-14(21)13-9-12(11)20(13,3)4/h6-7,11-13,22-23H,8-9H2,1-5H3/t11-,12?,13+/m1/s1. The van der Waals surface area contributed by atoms with Crippen molar-refractivity contribution >= 4 is 11.8 Å². The molecule has 1 aromatic carbocycles. The third-order valence-corrected chi connectivity index (χ3v) is 6.56. The number of carbonyl (C=O) groups excluding carboxylic acids is 2. The van der Waals surface area contributed by atoms with Crippen LogP contribution in [0.2, 0.25) is 0 Å². The minimum atomic E-state index is -0.995. The fourth-order valence-electron chi connectivity index (χ4n) is 4.73. The molecular formula is C20H26O5. The minimum Gasteiger partial charge on any atom is -0.508 e. The summed E-state index contributed by atoms with van der Waals surface area (Å²) in [7, 11) is 1.31. The number of benzene rings is 1. The topological polar surface area (TPSA) is 83.8 Å². The van der Waals surface area contributed by atoms with E-state index in [-0.39, 0.29) is 40.5 Å². The number of hydrogen-bond donors (Lipinski definition) is 2. The number of fused-ring (bicyclic) bond motifs is 2. The fraction of sp³-hybridized carbons (Fsp3) is 0.600. The number of hydrogen-bond acceptors (Lipinski definition) is 5. The van der Waals surface area contributed by atoms with E-state index in [2.05, 4.69) is 13.8 Å². The van der Waals surface area contributed by atoms with Crippen LogP contribution in [0.25, 0.3) is 0 Å². The molecule has 0 saturated heterocycles. The molecule has 0 aromatic heterocycles. The summed E-state index contributed by atoms with van der Waals surface area (Å²) in [6.45, 7) is 7.52. The molecule has 2 bridgehead atoms. The Bertz CT molecular complexity index is 723. The largest absolute Gasteiger partial charge is 0.508 e. The molecule has 3 saturated carbocycles. The maximum Gasteiger partial charge on any atom is 0.315 e. The van der Waals surface area contributed by atoms with Gasteiger partial charge in [-0.1, -0.05) is 13.8 Å². The zero-order chi connectivity index (χ0) is 18.7. The van der Waals surface area contributed by atoms with Gasteiger partial charge in [0, 0.05) is 23.8 Å². The van der Waals surface area contributed by atoms with Crippen molar-refractivity contribution in [2.75, 3.05) is 7.11 Å². The van der Waals surface area contributed by atoms with Gasteiger partial charge in [0.1, 0.15) is 17.3 Å². The van der Waals surface area contributed by atoms with Crippen LogP contribution in [0.5, 0.6) is 11.5 Å². The number of esters is 1. The molecule has 4 rings (SSSR count). The summed E-state index contributed by atoms with van der Waals surface area (Å²) in [5.41, 5.74) is -0.200. The summed E-state index contributed by atoms with van der Waals surface area (Å²) in [5, 5.41) is 21.2. The molecule has 25 heavy (non-hydrogen) atoms. The summed E-state index contributed by atoms with van der Waals surface area (Å²) >= 11 is 0. The first-order chi connectivity index (χ1) is 11.5. The Morgan fingerprint density at radius 3 is 2.24 bits per heavy atom. The van der Waals surface area contributed by atoms with E-state index < -0.39 is 11.4 Å². The highest BCUT2D eigenvalue weighted by Gasteiger charge is 2.59. The Morgan fingerprint density at radius 1 is 1.24 bits per heavy atom. The van der Waals surface area contributed by atoms with Gasteiger partial charge in [0.15, 0.2) is 0 Å². The molecule has 3 atom stereocenters. The van der Waals surface area contributed by atoms with Crippen LogP contribution in [0.3, 0.4) is 0 Å². The molecule has 2 N–H and O–H groups in total.